The molecule has 5 rings (SSSR count). The summed E-state index contributed by atoms with van der Waals surface area (Å²) in [6, 6.07) is 8.57. The zero-order valence-electron chi connectivity index (χ0n) is 15.5. The van der Waals surface area contributed by atoms with Gasteiger partial charge in [-0.25, -0.2) is 4.68 Å². The number of benzene rings is 1. The molecule has 1 amide bonds. The number of nitrogens with one attached hydrogen (secondary N) is 1. The van der Waals surface area contributed by atoms with Crippen LogP contribution < -0.4 is 15.1 Å². The SMILES string of the molecule is O=C(c1cn(C2CCNCC2)nn1)N1CCN(CC2CC2)c2ccccc21. The van der Waals surface area contributed by atoms with Crippen molar-refractivity contribution in [2.75, 3.05) is 42.5 Å². The number of para-hydroxylation sites is 2. The lowest BCUT2D eigenvalue weighted by atomic mass is 10.1. The molecule has 142 valence electrons. The average Bonchev–Trinajstić information content (AvgIpc) is 3.40. The third-order valence-corrected chi connectivity index (χ3v) is 5.94. The van der Waals surface area contributed by atoms with Crippen LogP contribution in [0.4, 0.5) is 11.4 Å². The largest absolute Gasteiger partial charge is 0.368 e. The molecule has 2 fully saturated rings. The van der Waals surface area contributed by atoms with E-state index in [2.05, 4.69) is 32.7 Å². The van der Waals surface area contributed by atoms with Crippen LogP contribution in [0.2, 0.25) is 0 Å². The summed E-state index contributed by atoms with van der Waals surface area (Å²) in [6.45, 7) is 4.66. The molecule has 2 aliphatic heterocycles. The Morgan fingerprint density at radius 1 is 1.07 bits per heavy atom. The van der Waals surface area contributed by atoms with Crippen molar-refractivity contribution >= 4 is 17.3 Å². The molecule has 1 aromatic heterocycles. The van der Waals surface area contributed by atoms with Gasteiger partial charge in [0.05, 0.1) is 23.6 Å². The van der Waals surface area contributed by atoms with Gasteiger partial charge in [-0.3, -0.25) is 4.79 Å². The van der Waals surface area contributed by atoms with Crippen LogP contribution in [0.15, 0.2) is 30.5 Å². The predicted octanol–water partition coefficient (Wildman–Crippen LogP) is 2.08. The van der Waals surface area contributed by atoms with E-state index in [1.807, 2.05) is 27.9 Å². The molecule has 0 radical (unpaired) electrons. The van der Waals surface area contributed by atoms with Gasteiger partial charge in [0.2, 0.25) is 0 Å². The minimum absolute atomic E-state index is 0.0475. The molecular formula is C20H26N6O. The highest BCUT2D eigenvalue weighted by atomic mass is 16.2. The van der Waals surface area contributed by atoms with Gasteiger partial charge in [-0.05, 0) is 56.8 Å². The minimum Gasteiger partial charge on any atom is -0.368 e. The van der Waals surface area contributed by atoms with E-state index < -0.39 is 0 Å². The van der Waals surface area contributed by atoms with Crippen LogP contribution >= 0.6 is 0 Å². The molecule has 3 aliphatic rings. The Bertz CT molecular complexity index is 823. The van der Waals surface area contributed by atoms with Gasteiger partial charge in [0.1, 0.15) is 0 Å². The molecule has 0 atom stereocenters. The Labute approximate surface area is 159 Å². The first-order valence-corrected chi connectivity index (χ1v) is 10.1. The van der Waals surface area contributed by atoms with E-state index in [1.54, 1.807) is 0 Å². The van der Waals surface area contributed by atoms with Crippen molar-refractivity contribution in [3.63, 3.8) is 0 Å². The molecule has 0 bridgehead atoms. The standard InChI is InChI=1S/C20H26N6O/c27-20(17-14-26(23-22-17)16-7-9-21-10-8-16)25-12-11-24(13-15-5-6-15)18-3-1-2-4-19(18)25/h1-4,14-16,21H,5-13H2. The first-order chi connectivity index (χ1) is 13.3. The fraction of sp³-hybridized carbons (Fsp3) is 0.550. The van der Waals surface area contributed by atoms with E-state index in [-0.39, 0.29) is 5.91 Å². The van der Waals surface area contributed by atoms with Crippen LogP contribution in [0.25, 0.3) is 0 Å². The van der Waals surface area contributed by atoms with Crippen molar-refractivity contribution in [3.05, 3.63) is 36.2 Å². The van der Waals surface area contributed by atoms with Crippen LogP contribution in [0.3, 0.4) is 0 Å². The van der Waals surface area contributed by atoms with Crippen LogP contribution in [-0.2, 0) is 0 Å². The van der Waals surface area contributed by atoms with Gasteiger partial charge in [0.15, 0.2) is 5.69 Å². The molecule has 3 heterocycles. The highest BCUT2D eigenvalue weighted by Crippen LogP contribution is 2.37. The van der Waals surface area contributed by atoms with E-state index in [0.29, 0.717) is 18.3 Å². The number of anilines is 2. The van der Waals surface area contributed by atoms with E-state index in [9.17, 15) is 4.79 Å². The van der Waals surface area contributed by atoms with Gasteiger partial charge < -0.3 is 15.1 Å². The van der Waals surface area contributed by atoms with E-state index in [4.69, 9.17) is 0 Å². The minimum atomic E-state index is -0.0475. The van der Waals surface area contributed by atoms with Gasteiger partial charge in [0.25, 0.3) is 5.91 Å². The van der Waals surface area contributed by atoms with Gasteiger partial charge >= 0.3 is 0 Å². The maximum Gasteiger partial charge on any atom is 0.280 e. The number of hydrogen-bond acceptors (Lipinski definition) is 5. The Balaban J connectivity index is 1.37. The zero-order chi connectivity index (χ0) is 18.2. The molecule has 1 saturated heterocycles. The Morgan fingerprint density at radius 2 is 1.85 bits per heavy atom. The van der Waals surface area contributed by atoms with Crippen LogP contribution in [0.5, 0.6) is 0 Å². The second-order valence-corrected chi connectivity index (χ2v) is 7.90. The third-order valence-electron chi connectivity index (χ3n) is 5.94. The highest BCUT2D eigenvalue weighted by molar-refractivity contribution is 6.07. The number of amides is 1. The summed E-state index contributed by atoms with van der Waals surface area (Å²) in [5.41, 5.74) is 2.60. The lowest BCUT2D eigenvalue weighted by molar-refractivity contribution is 0.0981. The van der Waals surface area contributed by atoms with Gasteiger partial charge in [-0.15, -0.1) is 5.10 Å². The molecule has 7 heteroatoms. The fourth-order valence-corrected chi connectivity index (χ4v) is 4.20. The molecular weight excluding hydrogens is 340 g/mol. The van der Waals surface area contributed by atoms with Gasteiger partial charge in [-0.2, -0.15) is 0 Å². The van der Waals surface area contributed by atoms with Crippen LogP contribution in [0.1, 0.15) is 42.2 Å². The van der Waals surface area contributed by atoms with Gasteiger partial charge in [0, 0.05) is 19.6 Å². The Morgan fingerprint density at radius 3 is 2.63 bits per heavy atom. The quantitative estimate of drug-likeness (QED) is 0.897. The number of carbonyl (C=O) groups is 1. The van der Waals surface area contributed by atoms with E-state index >= 15 is 0 Å². The summed E-state index contributed by atoms with van der Waals surface area (Å²) in [7, 11) is 0. The van der Waals surface area contributed by atoms with Crippen molar-refractivity contribution in [2.24, 2.45) is 5.92 Å². The molecule has 1 aromatic carbocycles. The summed E-state index contributed by atoms with van der Waals surface area (Å²) in [5.74, 6) is 0.777. The van der Waals surface area contributed by atoms with E-state index in [1.165, 1.54) is 12.8 Å². The topological polar surface area (TPSA) is 66.3 Å². The summed E-state index contributed by atoms with van der Waals surface area (Å²) in [6.07, 6.45) is 6.55. The normalized spacial score (nSPS) is 20.6. The van der Waals surface area contributed by atoms with Gasteiger partial charge in [-0.1, -0.05) is 17.3 Å². The van der Waals surface area contributed by atoms with Crippen molar-refractivity contribution in [3.8, 4) is 0 Å². The van der Waals surface area contributed by atoms with Crippen molar-refractivity contribution in [1.82, 2.24) is 20.3 Å². The first-order valence-electron chi connectivity index (χ1n) is 10.1. The lowest BCUT2D eigenvalue weighted by Gasteiger charge is -2.37. The van der Waals surface area contributed by atoms with E-state index in [0.717, 1.165) is 56.3 Å². The molecule has 7 nitrogen and oxygen atoms in total. The average molecular weight is 366 g/mol. The number of rotatable bonds is 4. The molecule has 1 aliphatic carbocycles. The number of aromatic nitrogens is 3. The Kier molecular flexibility index (Phi) is 4.32. The van der Waals surface area contributed by atoms with Crippen molar-refractivity contribution in [1.29, 1.82) is 0 Å². The summed E-state index contributed by atoms with van der Waals surface area (Å²) in [5, 5.41) is 11.8. The van der Waals surface area contributed by atoms with Crippen LogP contribution in [-0.4, -0.2) is 53.6 Å². The smallest absolute Gasteiger partial charge is 0.280 e. The maximum absolute atomic E-state index is 13.2. The maximum atomic E-state index is 13.2. The third kappa shape index (κ3) is 3.32. The lowest BCUT2D eigenvalue weighted by Crippen LogP contribution is -2.45. The fourth-order valence-electron chi connectivity index (χ4n) is 4.20. The van der Waals surface area contributed by atoms with Crippen molar-refractivity contribution in [2.45, 2.75) is 31.7 Å². The molecule has 0 spiro atoms. The second-order valence-electron chi connectivity index (χ2n) is 7.90. The predicted molar refractivity (Wildman–Crippen MR) is 104 cm³/mol. The number of hydrogen-bond donors (Lipinski definition) is 1. The molecule has 0 unspecified atom stereocenters. The highest BCUT2D eigenvalue weighted by Gasteiger charge is 2.32. The second kappa shape index (κ2) is 6.96. The summed E-state index contributed by atoms with van der Waals surface area (Å²) < 4.78 is 1.88. The van der Waals surface area contributed by atoms with Crippen molar-refractivity contribution < 1.29 is 4.79 Å². The molecule has 1 N–H and O–H groups in total. The number of fused-ring (bicyclic) bond motifs is 1. The van der Waals surface area contributed by atoms with Crippen LogP contribution in [0, 0.1) is 5.92 Å². The monoisotopic (exact) mass is 366 g/mol. The number of piperidine rings is 1. The first kappa shape index (κ1) is 16.7. The molecule has 1 saturated carbocycles. The molecule has 27 heavy (non-hydrogen) atoms. The number of carbonyl (C=O) groups excluding carboxylic acids is 1. The summed E-state index contributed by atoms with van der Waals surface area (Å²) >= 11 is 0. The molecule has 2 aromatic rings. The Hall–Kier alpha value is -2.41. The number of nitrogens with zero attached hydrogens (tertiary/aromatic N) is 5. The summed E-state index contributed by atoms with van der Waals surface area (Å²) in [4.78, 5) is 17.5. The zero-order valence-corrected chi connectivity index (χ0v) is 15.5.